The second kappa shape index (κ2) is 4.39. The fourth-order valence-corrected chi connectivity index (χ4v) is 2.43. The number of aromatic nitrogens is 3. The number of nitrogens with zero attached hydrogens (tertiary/aromatic N) is 4. The third-order valence-corrected chi connectivity index (χ3v) is 3.54. The van der Waals surface area contributed by atoms with E-state index in [-0.39, 0.29) is 0 Å². The normalized spacial score (nSPS) is 21.3. The SMILES string of the molecule is Cn1ncnc1CC1(C#N)COc2ccccc2C1. The van der Waals surface area contributed by atoms with Crippen molar-refractivity contribution < 1.29 is 4.74 Å². The summed E-state index contributed by atoms with van der Waals surface area (Å²) in [4.78, 5) is 4.20. The third-order valence-electron chi connectivity index (χ3n) is 3.54. The number of fused-ring (bicyclic) bond motifs is 1. The van der Waals surface area contributed by atoms with E-state index in [1.807, 2.05) is 31.3 Å². The van der Waals surface area contributed by atoms with Crippen LogP contribution in [-0.4, -0.2) is 21.4 Å². The molecular weight excluding hydrogens is 240 g/mol. The number of benzene rings is 1. The number of nitriles is 1. The first-order valence-corrected chi connectivity index (χ1v) is 6.17. The predicted octanol–water partition coefficient (Wildman–Crippen LogP) is 1.50. The van der Waals surface area contributed by atoms with E-state index in [0.717, 1.165) is 17.1 Å². The minimum Gasteiger partial charge on any atom is -0.492 e. The predicted molar refractivity (Wildman–Crippen MR) is 68.4 cm³/mol. The van der Waals surface area contributed by atoms with Crippen LogP contribution in [-0.2, 0) is 19.9 Å². The maximum atomic E-state index is 9.57. The lowest BCUT2D eigenvalue weighted by molar-refractivity contribution is 0.166. The summed E-state index contributed by atoms with van der Waals surface area (Å²) in [5, 5.41) is 13.6. The summed E-state index contributed by atoms with van der Waals surface area (Å²) < 4.78 is 7.45. The molecule has 0 bridgehead atoms. The number of hydrogen-bond donors (Lipinski definition) is 0. The van der Waals surface area contributed by atoms with E-state index >= 15 is 0 Å². The molecule has 5 heteroatoms. The van der Waals surface area contributed by atoms with Crippen molar-refractivity contribution in [3.05, 3.63) is 42.0 Å². The summed E-state index contributed by atoms with van der Waals surface area (Å²) in [7, 11) is 1.84. The first-order chi connectivity index (χ1) is 9.22. The van der Waals surface area contributed by atoms with E-state index < -0.39 is 5.41 Å². The number of hydrogen-bond acceptors (Lipinski definition) is 4. The van der Waals surface area contributed by atoms with Crippen LogP contribution in [0.3, 0.4) is 0 Å². The molecule has 0 radical (unpaired) electrons. The van der Waals surface area contributed by atoms with Gasteiger partial charge in [0, 0.05) is 13.5 Å². The van der Waals surface area contributed by atoms with Crippen LogP contribution in [0.1, 0.15) is 11.4 Å². The topological polar surface area (TPSA) is 63.7 Å². The molecule has 0 N–H and O–H groups in total. The van der Waals surface area contributed by atoms with Crippen LogP contribution >= 0.6 is 0 Å². The molecule has 1 aromatic heterocycles. The minimum atomic E-state index is -0.560. The molecule has 1 aromatic carbocycles. The van der Waals surface area contributed by atoms with Crippen LogP contribution < -0.4 is 4.74 Å². The summed E-state index contributed by atoms with van der Waals surface area (Å²) in [5.74, 6) is 1.69. The van der Waals surface area contributed by atoms with E-state index in [1.54, 1.807) is 4.68 Å². The van der Waals surface area contributed by atoms with Crippen LogP contribution in [0.25, 0.3) is 0 Å². The summed E-state index contributed by atoms with van der Waals surface area (Å²) in [6, 6.07) is 10.3. The average molecular weight is 254 g/mol. The number of para-hydroxylation sites is 1. The van der Waals surface area contributed by atoms with Gasteiger partial charge in [0.25, 0.3) is 0 Å². The Labute approximate surface area is 111 Å². The Bertz CT molecular complexity index is 643. The zero-order valence-electron chi connectivity index (χ0n) is 10.7. The van der Waals surface area contributed by atoms with Gasteiger partial charge >= 0.3 is 0 Å². The highest BCUT2D eigenvalue weighted by molar-refractivity contribution is 5.37. The lowest BCUT2D eigenvalue weighted by Gasteiger charge is -2.31. The summed E-state index contributed by atoms with van der Waals surface area (Å²) in [6.45, 7) is 0.396. The maximum absolute atomic E-state index is 9.57. The zero-order chi connectivity index (χ0) is 13.3. The number of ether oxygens (including phenoxy) is 1. The first-order valence-electron chi connectivity index (χ1n) is 6.17. The molecule has 5 nitrogen and oxygen atoms in total. The molecule has 1 unspecified atom stereocenters. The zero-order valence-corrected chi connectivity index (χ0v) is 10.7. The maximum Gasteiger partial charge on any atom is 0.138 e. The van der Waals surface area contributed by atoms with Crippen molar-refractivity contribution in [2.75, 3.05) is 6.61 Å². The molecule has 2 heterocycles. The number of rotatable bonds is 2. The Kier molecular flexibility index (Phi) is 2.71. The standard InChI is InChI=1S/C14H14N4O/c1-18-13(16-10-17-18)7-14(8-15)6-11-4-2-3-5-12(11)19-9-14/h2-5,10H,6-7,9H2,1H3. The summed E-state index contributed by atoms with van der Waals surface area (Å²) in [6.07, 6.45) is 2.75. The Morgan fingerprint density at radius 2 is 2.32 bits per heavy atom. The first kappa shape index (κ1) is 11.7. The fourth-order valence-electron chi connectivity index (χ4n) is 2.43. The molecule has 19 heavy (non-hydrogen) atoms. The van der Waals surface area contributed by atoms with Gasteiger partial charge in [-0.2, -0.15) is 10.4 Å². The molecule has 0 spiro atoms. The molecule has 3 rings (SSSR count). The van der Waals surface area contributed by atoms with Gasteiger partial charge in [-0.25, -0.2) is 4.98 Å². The highest BCUT2D eigenvalue weighted by Gasteiger charge is 2.37. The quantitative estimate of drug-likeness (QED) is 0.814. The van der Waals surface area contributed by atoms with Gasteiger partial charge in [-0.05, 0) is 18.1 Å². The van der Waals surface area contributed by atoms with Gasteiger partial charge < -0.3 is 4.74 Å². The second-order valence-corrected chi connectivity index (χ2v) is 4.94. The monoisotopic (exact) mass is 254 g/mol. The largest absolute Gasteiger partial charge is 0.492 e. The second-order valence-electron chi connectivity index (χ2n) is 4.94. The van der Waals surface area contributed by atoms with Crippen molar-refractivity contribution in [1.82, 2.24) is 14.8 Å². The van der Waals surface area contributed by atoms with E-state index in [0.29, 0.717) is 19.4 Å². The molecule has 1 atom stereocenters. The molecule has 1 aliphatic rings. The lowest BCUT2D eigenvalue weighted by Crippen LogP contribution is -2.36. The Morgan fingerprint density at radius 1 is 1.47 bits per heavy atom. The molecule has 0 saturated carbocycles. The molecule has 0 saturated heterocycles. The summed E-state index contributed by atoms with van der Waals surface area (Å²) in [5.41, 5.74) is 0.521. The van der Waals surface area contributed by atoms with E-state index in [9.17, 15) is 5.26 Å². The van der Waals surface area contributed by atoms with Crippen LogP contribution in [0.5, 0.6) is 5.75 Å². The molecule has 2 aromatic rings. The highest BCUT2D eigenvalue weighted by Crippen LogP contribution is 2.36. The molecule has 1 aliphatic heterocycles. The van der Waals surface area contributed by atoms with E-state index in [1.165, 1.54) is 6.33 Å². The molecular formula is C14H14N4O. The van der Waals surface area contributed by atoms with Crippen LogP contribution in [0, 0.1) is 16.7 Å². The average Bonchev–Trinajstić information content (AvgIpc) is 2.84. The van der Waals surface area contributed by atoms with Crippen molar-refractivity contribution >= 4 is 0 Å². The van der Waals surface area contributed by atoms with Crippen LogP contribution in [0.2, 0.25) is 0 Å². The smallest absolute Gasteiger partial charge is 0.138 e. The van der Waals surface area contributed by atoms with Crippen molar-refractivity contribution in [3.63, 3.8) is 0 Å². The van der Waals surface area contributed by atoms with E-state index in [2.05, 4.69) is 16.2 Å². The fraction of sp³-hybridized carbons (Fsp3) is 0.357. The van der Waals surface area contributed by atoms with Gasteiger partial charge in [0.2, 0.25) is 0 Å². The molecule has 96 valence electrons. The van der Waals surface area contributed by atoms with Crippen molar-refractivity contribution in [2.45, 2.75) is 12.8 Å². The van der Waals surface area contributed by atoms with Crippen molar-refractivity contribution in [2.24, 2.45) is 12.5 Å². The van der Waals surface area contributed by atoms with E-state index in [4.69, 9.17) is 4.74 Å². The number of aryl methyl sites for hydroxylation is 1. The van der Waals surface area contributed by atoms with Gasteiger partial charge in [-0.15, -0.1) is 0 Å². The van der Waals surface area contributed by atoms with Crippen LogP contribution in [0.15, 0.2) is 30.6 Å². The minimum absolute atomic E-state index is 0.396. The Balaban J connectivity index is 1.91. The van der Waals surface area contributed by atoms with Gasteiger partial charge in [-0.1, -0.05) is 18.2 Å². The van der Waals surface area contributed by atoms with Crippen molar-refractivity contribution in [3.8, 4) is 11.8 Å². The Hall–Kier alpha value is -2.35. The molecule has 0 amide bonds. The van der Waals surface area contributed by atoms with Gasteiger partial charge in [0.1, 0.15) is 29.9 Å². The summed E-state index contributed by atoms with van der Waals surface area (Å²) >= 11 is 0. The van der Waals surface area contributed by atoms with Gasteiger partial charge in [0.05, 0.1) is 6.07 Å². The Morgan fingerprint density at radius 3 is 3.05 bits per heavy atom. The molecule has 0 aliphatic carbocycles. The lowest BCUT2D eigenvalue weighted by atomic mass is 9.78. The highest BCUT2D eigenvalue weighted by atomic mass is 16.5. The molecule has 0 fully saturated rings. The van der Waals surface area contributed by atoms with Gasteiger partial charge in [0.15, 0.2) is 0 Å². The van der Waals surface area contributed by atoms with Gasteiger partial charge in [-0.3, -0.25) is 4.68 Å². The van der Waals surface area contributed by atoms with Crippen molar-refractivity contribution in [1.29, 1.82) is 5.26 Å². The third kappa shape index (κ3) is 2.06. The van der Waals surface area contributed by atoms with Crippen LogP contribution in [0.4, 0.5) is 0 Å².